The largest absolute Gasteiger partial charge is 0.398 e. The van der Waals surface area contributed by atoms with Crippen LogP contribution in [-0.4, -0.2) is 4.99 Å². The minimum absolute atomic E-state index is 0.350. The Bertz CT molecular complexity index is 294. The van der Waals surface area contributed by atoms with Gasteiger partial charge in [0.1, 0.15) is 4.99 Å². The number of aryl methyl sites for hydroxylation is 1. The fourth-order valence-corrected chi connectivity index (χ4v) is 1.09. The Morgan fingerprint density at radius 1 is 1.45 bits per heavy atom. The van der Waals surface area contributed by atoms with Gasteiger partial charge in [0.25, 0.3) is 0 Å². The number of rotatable bonds is 1. The first-order valence-electron chi connectivity index (χ1n) is 3.27. The molecule has 0 heterocycles. The molecule has 0 atom stereocenters. The molecule has 0 unspecified atom stereocenters. The van der Waals surface area contributed by atoms with E-state index in [2.05, 4.69) is 0 Å². The van der Waals surface area contributed by atoms with Crippen LogP contribution < -0.4 is 11.5 Å². The molecule has 0 aliphatic carbocycles. The highest BCUT2D eigenvalue weighted by Crippen LogP contribution is 2.12. The highest BCUT2D eigenvalue weighted by Gasteiger charge is 2.00. The van der Waals surface area contributed by atoms with Crippen LogP contribution in [0.5, 0.6) is 0 Å². The molecule has 0 saturated heterocycles. The van der Waals surface area contributed by atoms with Gasteiger partial charge in [0.05, 0.1) is 0 Å². The van der Waals surface area contributed by atoms with Crippen molar-refractivity contribution < 1.29 is 0 Å². The van der Waals surface area contributed by atoms with Crippen molar-refractivity contribution in [2.75, 3.05) is 5.73 Å². The van der Waals surface area contributed by atoms with E-state index in [-0.39, 0.29) is 0 Å². The number of thiocarbonyl (C=S) groups is 1. The zero-order chi connectivity index (χ0) is 8.43. The van der Waals surface area contributed by atoms with Gasteiger partial charge in [-0.2, -0.15) is 0 Å². The molecule has 0 saturated carbocycles. The number of hydrogen-bond acceptors (Lipinski definition) is 2. The van der Waals surface area contributed by atoms with Crippen LogP contribution in [0.2, 0.25) is 0 Å². The summed E-state index contributed by atoms with van der Waals surface area (Å²) in [5.41, 5.74) is 13.6. The quantitative estimate of drug-likeness (QED) is 0.487. The van der Waals surface area contributed by atoms with Gasteiger partial charge in [-0.3, -0.25) is 0 Å². The number of hydrogen-bond donors (Lipinski definition) is 2. The molecule has 0 aliphatic heterocycles. The molecule has 1 rings (SSSR count). The molecule has 11 heavy (non-hydrogen) atoms. The maximum Gasteiger partial charge on any atom is 0.106 e. The monoisotopic (exact) mass is 166 g/mol. The highest BCUT2D eigenvalue weighted by atomic mass is 32.1. The molecule has 58 valence electrons. The Hall–Kier alpha value is -1.09. The molecule has 0 spiro atoms. The van der Waals surface area contributed by atoms with Crippen molar-refractivity contribution in [1.82, 2.24) is 0 Å². The number of nitrogens with two attached hydrogens (primary N) is 2. The molecule has 0 aromatic heterocycles. The van der Waals surface area contributed by atoms with Gasteiger partial charge in [-0.1, -0.05) is 18.3 Å². The summed E-state index contributed by atoms with van der Waals surface area (Å²) in [6, 6.07) is 5.63. The molecule has 1 aromatic rings. The average molecular weight is 166 g/mol. The van der Waals surface area contributed by atoms with Crippen molar-refractivity contribution >= 4 is 22.9 Å². The summed E-state index contributed by atoms with van der Waals surface area (Å²) in [5.74, 6) is 0. The molecule has 2 nitrogen and oxygen atoms in total. The summed E-state index contributed by atoms with van der Waals surface area (Å²) in [6.07, 6.45) is 0. The third kappa shape index (κ3) is 1.68. The number of anilines is 1. The van der Waals surface area contributed by atoms with E-state index in [0.717, 1.165) is 11.1 Å². The highest BCUT2D eigenvalue weighted by molar-refractivity contribution is 7.80. The van der Waals surface area contributed by atoms with Gasteiger partial charge in [-0.15, -0.1) is 0 Å². The zero-order valence-electron chi connectivity index (χ0n) is 6.29. The number of nitrogen functional groups attached to an aromatic ring is 1. The van der Waals surface area contributed by atoms with E-state index in [4.69, 9.17) is 23.7 Å². The van der Waals surface area contributed by atoms with Crippen molar-refractivity contribution in [3.63, 3.8) is 0 Å². The standard InChI is InChI=1S/C8H10N2S/c1-5-2-3-6(8(10)11)7(9)4-5/h2-4H,9H2,1H3,(H2,10,11). The Morgan fingerprint density at radius 3 is 2.55 bits per heavy atom. The van der Waals surface area contributed by atoms with Crippen molar-refractivity contribution in [2.24, 2.45) is 5.73 Å². The van der Waals surface area contributed by atoms with Crippen LogP contribution in [0, 0.1) is 6.92 Å². The Kier molecular flexibility index (Phi) is 2.10. The first-order chi connectivity index (χ1) is 5.11. The van der Waals surface area contributed by atoms with Gasteiger partial charge in [-0.25, -0.2) is 0 Å². The predicted molar refractivity (Wildman–Crippen MR) is 51.5 cm³/mol. The minimum atomic E-state index is 0.350. The molecule has 3 heteroatoms. The Morgan fingerprint density at radius 2 is 2.09 bits per heavy atom. The first-order valence-corrected chi connectivity index (χ1v) is 3.68. The van der Waals surface area contributed by atoms with E-state index >= 15 is 0 Å². The molecule has 0 aliphatic rings. The van der Waals surface area contributed by atoms with Gasteiger partial charge in [0, 0.05) is 11.3 Å². The maximum atomic E-state index is 5.65. The fourth-order valence-electron chi connectivity index (χ4n) is 0.907. The third-order valence-corrected chi connectivity index (χ3v) is 1.69. The summed E-state index contributed by atoms with van der Waals surface area (Å²) >= 11 is 4.79. The third-order valence-electron chi connectivity index (χ3n) is 1.47. The molecule has 0 radical (unpaired) electrons. The minimum Gasteiger partial charge on any atom is -0.398 e. The SMILES string of the molecule is Cc1ccc(C(N)=S)c(N)c1. The van der Waals surface area contributed by atoms with Gasteiger partial charge < -0.3 is 11.5 Å². The summed E-state index contributed by atoms with van der Waals surface area (Å²) in [4.78, 5) is 0.350. The smallest absolute Gasteiger partial charge is 0.106 e. The fraction of sp³-hybridized carbons (Fsp3) is 0.125. The van der Waals surface area contributed by atoms with E-state index in [9.17, 15) is 0 Å². The van der Waals surface area contributed by atoms with E-state index < -0.39 is 0 Å². The van der Waals surface area contributed by atoms with Crippen LogP contribution >= 0.6 is 12.2 Å². The van der Waals surface area contributed by atoms with Crippen molar-refractivity contribution in [1.29, 1.82) is 0 Å². The lowest BCUT2D eigenvalue weighted by atomic mass is 10.1. The molecular weight excluding hydrogens is 156 g/mol. The van der Waals surface area contributed by atoms with E-state index in [1.165, 1.54) is 0 Å². The molecule has 4 N–H and O–H groups in total. The van der Waals surface area contributed by atoms with Gasteiger partial charge in [0.15, 0.2) is 0 Å². The Labute approximate surface area is 71.2 Å². The van der Waals surface area contributed by atoms with Gasteiger partial charge in [0.2, 0.25) is 0 Å². The second kappa shape index (κ2) is 2.88. The van der Waals surface area contributed by atoms with Gasteiger partial charge in [-0.05, 0) is 24.6 Å². The van der Waals surface area contributed by atoms with Gasteiger partial charge >= 0.3 is 0 Å². The maximum absolute atomic E-state index is 5.65. The summed E-state index contributed by atoms with van der Waals surface area (Å²) in [5, 5.41) is 0. The second-order valence-electron chi connectivity index (χ2n) is 2.45. The Balaban J connectivity index is 3.20. The summed E-state index contributed by atoms with van der Waals surface area (Å²) < 4.78 is 0. The molecule has 1 aromatic carbocycles. The lowest BCUT2D eigenvalue weighted by Crippen LogP contribution is -2.11. The second-order valence-corrected chi connectivity index (χ2v) is 2.89. The van der Waals surface area contributed by atoms with Crippen LogP contribution in [0.25, 0.3) is 0 Å². The average Bonchev–Trinajstić information content (AvgIpc) is 1.85. The predicted octanol–water partition coefficient (Wildman–Crippen LogP) is 1.21. The lowest BCUT2D eigenvalue weighted by Gasteiger charge is -2.03. The summed E-state index contributed by atoms with van der Waals surface area (Å²) in [6.45, 7) is 1.97. The van der Waals surface area contributed by atoms with Crippen molar-refractivity contribution in [3.8, 4) is 0 Å². The van der Waals surface area contributed by atoms with Crippen LogP contribution in [0.3, 0.4) is 0 Å². The molecule has 0 amide bonds. The van der Waals surface area contributed by atoms with E-state index in [1.54, 1.807) is 0 Å². The summed E-state index contributed by atoms with van der Waals surface area (Å²) in [7, 11) is 0. The zero-order valence-corrected chi connectivity index (χ0v) is 7.11. The van der Waals surface area contributed by atoms with Crippen LogP contribution in [-0.2, 0) is 0 Å². The van der Waals surface area contributed by atoms with Crippen LogP contribution in [0.15, 0.2) is 18.2 Å². The van der Waals surface area contributed by atoms with Crippen LogP contribution in [0.4, 0.5) is 5.69 Å². The topological polar surface area (TPSA) is 52.0 Å². The number of benzene rings is 1. The lowest BCUT2D eigenvalue weighted by molar-refractivity contribution is 1.46. The van der Waals surface area contributed by atoms with Crippen molar-refractivity contribution in [2.45, 2.75) is 6.92 Å². The molecule has 0 bridgehead atoms. The molecular formula is C8H10N2S. The molecule has 0 fully saturated rings. The normalized spacial score (nSPS) is 9.55. The van der Waals surface area contributed by atoms with Crippen molar-refractivity contribution in [3.05, 3.63) is 29.3 Å². The first kappa shape index (κ1) is 8.01. The van der Waals surface area contributed by atoms with Crippen LogP contribution in [0.1, 0.15) is 11.1 Å². The van der Waals surface area contributed by atoms with E-state index in [1.807, 2.05) is 25.1 Å². The van der Waals surface area contributed by atoms with E-state index in [0.29, 0.717) is 10.7 Å².